The van der Waals surface area contributed by atoms with Crippen molar-refractivity contribution >= 4 is 0 Å². The summed E-state index contributed by atoms with van der Waals surface area (Å²) in [6, 6.07) is 3.24. The van der Waals surface area contributed by atoms with E-state index in [9.17, 15) is 23.4 Å². The van der Waals surface area contributed by atoms with Crippen molar-refractivity contribution < 1.29 is 23.4 Å². The zero-order valence-corrected chi connectivity index (χ0v) is 9.80. The Kier molecular flexibility index (Phi) is 3.27. The van der Waals surface area contributed by atoms with Crippen molar-refractivity contribution in [3.63, 3.8) is 0 Å². The molecule has 0 atom stereocenters. The molecule has 1 saturated carbocycles. The molecule has 1 aromatic carbocycles. The molecule has 1 fully saturated rings. The molecule has 2 rings (SSSR count). The van der Waals surface area contributed by atoms with Crippen LogP contribution in [0.3, 0.4) is 0 Å². The van der Waals surface area contributed by atoms with Crippen molar-refractivity contribution in [2.24, 2.45) is 0 Å². The maximum absolute atomic E-state index is 12.9. The zero-order valence-electron chi connectivity index (χ0n) is 9.80. The Labute approximate surface area is 103 Å². The summed E-state index contributed by atoms with van der Waals surface area (Å²) >= 11 is 0. The van der Waals surface area contributed by atoms with Crippen molar-refractivity contribution in [2.75, 3.05) is 0 Å². The van der Waals surface area contributed by atoms with Crippen LogP contribution in [0.4, 0.5) is 13.2 Å². The van der Waals surface area contributed by atoms with E-state index in [4.69, 9.17) is 0 Å². The fourth-order valence-electron chi connectivity index (χ4n) is 2.65. The summed E-state index contributed by atoms with van der Waals surface area (Å²) in [4.78, 5) is 0. The van der Waals surface area contributed by atoms with E-state index in [2.05, 4.69) is 0 Å². The van der Waals surface area contributed by atoms with Gasteiger partial charge >= 0.3 is 6.18 Å². The Morgan fingerprint density at radius 2 is 1.67 bits per heavy atom. The summed E-state index contributed by atoms with van der Waals surface area (Å²) < 4.78 is 38.8. The van der Waals surface area contributed by atoms with Gasteiger partial charge in [-0.15, -0.1) is 0 Å². The Morgan fingerprint density at radius 1 is 1.06 bits per heavy atom. The minimum atomic E-state index is -4.57. The molecule has 0 amide bonds. The lowest BCUT2D eigenvalue weighted by Crippen LogP contribution is -2.31. The van der Waals surface area contributed by atoms with Crippen LogP contribution in [0.1, 0.15) is 43.2 Å². The predicted molar refractivity (Wildman–Crippen MR) is 60.1 cm³/mol. The Bertz CT molecular complexity index is 434. The lowest BCUT2D eigenvalue weighted by atomic mass is 9.77. The van der Waals surface area contributed by atoms with Gasteiger partial charge < -0.3 is 10.2 Å². The number of phenols is 1. The molecule has 1 aliphatic rings. The van der Waals surface area contributed by atoms with E-state index in [1.165, 1.54) is 6.07 Å². The summed E-state index contributed by atoms with van der Waals surface area (Å²) in [5.41, 5.74) is -2.86. The van der Waals surface area contributed by atoms with Crippen LogP contribution in [0.25, 0.3) is 0 Å². The van der Waals surface area contributed by atoms with E-state index >= 15 is 0 Å². The number of benzene rings is 1. The van der Waals surface area contributed by atoms with Crippen molar-refractivity contribution in [1.29, 1.82) is 0 Å². The normalized spacial score (nSPS) is 19.8. The van der Waals surface area contributed by atoms with Crippen LogP contribution in [0, 0.1) is 0 Å². The van der Waals surface area contributed by atoms with Crippen LogP contribution in [0.15, 0.2) is 18.2 Å². The SMILES string of the molecule is Oc1cccc(C(F)(F)F)c1C1(O)CCCCC1. The largest absolute Gasteiger partial charge is 0.508 e. The fraction of sp³-hybridized carbons (Fsp3) is 0.538. The molecule has 0 radical (unpaired) electrons. The van der Waals surface area contributed by atoms with Gasteiger partial charge in [0.1, 0.15) is 5.75 Å². The fourth-order valence-corrected chi connectivity index (χ4v) is 2.65. The molecule has 0 aliphatic heterocycles. The van der Waals surface area contributed by atoms with Gasteiger partial charge in [-0.1, -0.05) is 25.3 Å². The lowest BCUT2D eigenvalue weighted by Gasteiger charge is -2.34. The number of alkyl halides is 3. The number of phenolic OH excluding ortho intramolecular Hbond substituents is 1. The molecule has 5 heteroatoms. The third-order valence-corrected chi connectivity index (χ3v) is 3.49. The number of halogens is 3. The highest BCUT2D eigenvalue weighted by Crippen LogP contribution is 2.46. The molecule has 1 aromatic rings. The van der Waals surface area contributed by atoms with Crippen LogP contribution < -0.4 is 0 Å². The second-order valence-electron chi connectivity index (χ2n) is 4.79. The number of hydrogen-bond acceptors (Lipinski definition) is 2. The Morgan fingerprint density at radius 3 is 2.22 bits per heavy atom. The van der Waals surface area contributed by atoms with Gasteiger partial charge in [0.05, 0.1) is 11.2 Å². The van der Waals surface area contributed by atoms with Gasteiger partial charge in [0.15, 0.2) is 0 Å². The monoisotopic (exact) mass is 260 g/mol. The van der Waals surface area contributed by atoms with Crippen LogP contribution >= 0.6 is 0 Å². The highest BCUT2D eigenvalue weighted by molar-refractivity contribution is 5.45. The number of aliphatic hydroxyl groups is 1. The summed E-state index contributed by atoms with van der Waals surface area (Å²) in [7, 11) is 0. The molecule has 18 heavy (non-hydrogen) atoms. The van der Waals surface area contributed by atoms with Gasteiger partial charge in [0.25, 0.3) is 0 Å². The first-order chi connectivity index (χ1) is 8.34. The van der Waals surface area contributed by atoms with E-state index in [1.54, 1.807) is 0 Å². The van der Waals surface area contributed by atoms with Gasteiger partial charge in [-0.2, -0.15) is 13.2 Å². The molecule has 1 aliphatic carbocycles. The molecular weight excluding hydrogens is 245 g/mol. The molecule has 0 heterocycles. The second-order valence-corrected chi connectivity index (χ2v) is 4.79. The number of aromatic hydroxyl groups is 1. The Hall–Kier alpha value is -1.23. The standard InChI is InChI=1S/C13H15F3O2/c14-13(15,16)9-5-4-6-10(17)11(9)12(18)7-2-1-3-8-12/h4-6,17-18H,1-3,7-8H2. The van der Waals surface area contributed by atoms with E-state index in [0.717, 1.165) is 18.6 Å². The second kappa shape index (κ2) is 4.46. The summed E-state index contributed by atoms with van der Waals surface area (Å²) in [6.07, 6.45) is -1.82. The minimum Gasteiger partial charge on any atom is -0.508 e. The maximum atomic E-state index is 12.9. The first kappa shape index (κ1) is 13.2. The molecule has 2 N–H and O–H groups in total. The topological polar surface area (TPSA) is 40.5 Å². The first-order valence-corrected chi connectivity index (χ1v) is 5.97. The third-order valence-electron chi connectivity index (χ3n) is 3.49. The molecular formula is C13H15F3O2. The van der Waals surface area contributed by atoms with Crippen LogP contribution in [-0.4, -0.2) is 10.2 Å². The van der Waals surface area contributed by atoms with Crippen molar-refractivity contribution in [2.45, 2.75) is 43.9 Å². The number of rotatable bonds is 1. The van der Waals surface area contributed by atoms with Crippen molar-refractivity contribution in [1.82, 2.24) is 0 Å². The van der Waals surface area contributed by atoms with Gasteiger partial charge in [-0.05, 0) is 25.0 Å². The molecule has 0 spiro atoms. The van der Waals surface area contributed by atoms with Crippen LogP contribution in [-0.2, 0) is 11.8 Å². The van der Waals surface area contributed by atoms with E-state index in [-0.39, 0.29) is 18.4 Å². The molecule has 0 unspecified atom stereocenters. The van der Waals surface area contributed by atoms with Crippen LogP contribution in [0.2, 0.25) is 0 Å². The molecule has 0 saturated heterocycles. The Balaban J connectivity index is 2.55. The van der Waals surface area contributed by atoms with Gasteiger partial charge in [-0.3, -0.25) is 0 Å². The number of hydrogen-bond donors (Lipinski definition) is 2. The smallest absolute Gasteiger partial charge is 0.416 e. The molecule has 100 valence electrons. The molecule has 2 nitrogen and oxygen atoms in total. The van der Waals surface area contributed by atoms with E-state index in [1.807, 2.05) is 0 Å². The molecule has 0 bridgehead atoms. The summed E-state index contributed by atoms with van der Waals surface area (Å²) in [5, 5.41) is 20.1. The highest BCUT2D eigenvalue weighted by Gasteiger charge is 2.43. The predicted octanol–water partition coefficient (Wildman–Crippen LogP) is 3.56. The average Bonchev–Trinajstić information content (AvgIpc) is 2.28. The maximum Gasteiger partial charge on any atom is 0.416 e. The van der Waals surface area contributed by atoms with E-state index in [0.29, 0.717) is 12.8 Å². The van der Waals surface area contributed by atoms with Gasteiger partial charge in [-0.25, -0.2) is 0 Å². The quantitative estimate of drug-likeness (QED) is 0.810. The molecule has 0 aromatic heterocycles. The first-order valence-electron chi connectivity index (χ1n) is 5.97. The lowest BCUT2D eigenvalue weighted by molar-refractivity contribution is -0.141. The van der Waals surface area contributed by atoms with Crippen LogP contribution in [0.5, 0.6) is 5.75 Å². The van der Waals surface area contributed by atoms with Crippen molar-refractivity contribution in [3.05, 3.63) is 29.3 Å². The third kappa shape index (κ3) is 2.32. The zero-order chi connectivity index (χ0) is 13.4. The average molecular weight is 260 g/mol. The van der Waals surface area contributed by atoms with E-state index < -0.39 is 23.1 Å². The van der Waals surface area contributed by atoms with Crippen molar-refractivity contribution in [3.8, 4) is 5.75 Å². The highest BCUT2D eigenvalue weighted by atomic mass is 19.4. The van der Waals surface area contributed by atoms with Gasteiger partial charge in [0, 0.05) is 5.56 Å². The minimum absolute atomic E-state index is 0.258. The summed E-state index contributed by atoms with van der Waals surface area (Å²) in [5.74, 6) is -0.478. The summed E-state index contributed by atoms with van der Waals surface area (Å²) in [6.45, 7) is 0. The van der Waals surface area contributed by atoms with Gasteiger partial charge in [0.2, 0.25) is 0 Å².